The summed E-state index contributed by atoms with van der Waals surface area (Å²) in [6, 6.07) is 1.38. The Balaban J connectivity index is 3.49. The second-order valence-corrected chi connectivity index (χ2v) is 4.24. The van der Waals surface area contributed by atoms with Gasteiger partial charge in [-0.05, 0) is 28.9 Å². The lowest BCUT2D eigenvalue weighted by Crippen LogP contribution is -2.10. The van der Waals surface area contributed by atoms with Crippen LogP contribution in [0, 0.1) is 5.82 Å². The first-order valence-corrected chi connectivity index (χ1v) is 5.56. The molecule has 6 heteroatoms. The highest BCUT2D eigenvalue weighted by atomic mass is 79.9. The van der Waals surface area contributed by atoms with Crippen LogP contribution in [0.4, 0.5) is 4.39 Å². The highest BCUT2D eigenvalue weighted by molar-refractivity contribution is 9.10. The van der Waals surface area contributed by atoms with Gasteiger partial charge in [-0.25, -0.2) is 4.39 Å². The van der Waals surface area contributed by atoms with Crippen LogP contribution in [0.2, 0.25) is 0 Å². The van der Waals surface area contributed by atoms with Crippen molar-refractivity contribution < 1.29 is 23.8 Å². The van der Waals surface area contributed by atoms with Gasteiger partial charge in [0.2, 0.25) is 0 Å². The SMILES string of the molecule is COc1c(C(C)C(=O)O)cc(Br)c(F)c1OC. The number of aliphatic carboxylic acids is 1. The molecule has 0 spiro atoms. The standard InChI is InChI=1S/C11H12BrFO4/c1-5(11(14)15)6-4-7(12)8(13)10(17-3)9(6)16-2/h4-5H,1-3H3,(H,14,15). The van der Waals surface area contributed by atoms with Crippen LogP contribution in [0.25, 0.3) is 0 Å². The Hall–Kier alpha value is -1.30. The van der Waals surface area contributed by atoms with Crippen LogP contribution in [0.5, 0.6) is 11.5 Å². The Morgan fingerprint density at radius 3 is 2.35 bits per heavy atom. The van der Waals surface area contributed by atoms with Crippen molar-refractivity contribution >= 4 is 21.9 Å². The van der Waals surface area contributed by atoms with Crippen LogP contribution in [0.1, 0.15) is 18.4 Å². The van der Waals surface area contributed by atoms with Crippen molar-refractivity contribution in [3.63, 3.8) is 0 Å². The number of methoxy groups -OCH3 is 2. The summed E-state index contributed by atoms with van der Waals surface area (Å²) in [6.45, 7) is 1.49. The third-order valence-corrected chi connectivity index (χ3v) is 2.98. The Kier molecular flexibility index (Phi) is 4.34. The Morgan fingerprint density at radius 2 is 1.94 bits per heavy atom. The van der Waals surface area contributed by atoms with Gasteiger partial charge in [0.15, 0.2) is 17.3 Å². The molecule has 0 heterocycles. The molecule has 0 aromatic heterocycles. The van der Waals surface area contributed by atoms with E-state index in [4.69, 9.17) is 14.6 Å². The van der Waals surface area contributed by atoms with Crippen LogP contribution in [-0.4, -0.2) is 25.3 Å². The monoisotopic (exact) mass is 306 g/mol. The van der Waals surface area contributed by atoms with E-state index in [1.165, 1.54) is 27.2 Å². The first kappa shape index (κ1) is 13.8. The first-order chi connectivity index (χ1) is 7.93. The van der Waals surface area contributed by atoms with Crippen LogP contribution in [0.15, 0.2) is 10.5 Å². The number of benzene rings is 1. The summed E-state index contributed by atoms with van der Waals surface area (Å²) < 4.78 is 23.8. The average Bonchev–Trinajstić information content (AvgIpc) is 2.30. The van der Waals surface area contributed by atoms with Crippen LogP contribution in [0.3, 0.4) is 0 Å². The van der Waals surface area contributed by atoms with E-state index in [2.05, 4.69) is 15.9 Å². The minimum atomic E-state index is -1.02. The number of ether oxygens (including phenoxy) is 2. The molecule has 17 heavy (non-hydrogen) atoms. The predicted molar refractivity (Wildman–Crippen MR) is 63.3 cm³/mol. The molecule has 1 unspecified atom stereocenters. The third kappa shape index (κ3) is 2.52. The molecule has 0 amide bonds. The van der Waals surface area contributed by atoms with Crippen molar-refractivity contribution in [2.24, 2.45) is 0 Å². The highest BCUT2D eigenvalue weighted by Gasteiger charge is 2.25. The van der Waals surface area contributed by atoms with Gasteiger partial charge in [0.05, 0.1) is 24.6 Å². The molecular formula is C11H12BrFO4. The number of rotatable bonds is 4. The number of halogens is 2. The maximum atomic E-state index is 13.7. The van der Waals surface area contributed by atoms with E-state index in [0.717, 1.165) is 0 Å². The molecule has 0 bridgehead atoms. The lowest BCUT2D eigenvalue weighted by Gasteiger charge is -2.16. The molecule has 0 fully saturated rings. The summed E-state index contributed by atoms with van der Waals surface area (Å²) in [5.74, 6) is -2.47. The fourth-order valence-electron chi connectivity index (χ4n) is 1.45. The largest absolute Gasteiger partial charge is 0.492 e. The average molecular weight is 307 g/mol. The second kappa shape index (κ2) is 5.35. The number of carboxylic acid groups (broad SMARTS) is 1. The van der Waals surface area contributed by atoms with Gasteiger partial charge >= 0.3 is 5.97 Å². The minimum Gasteiger partial charge on any atom is -0.492 e. The molecule has 1 N–H and O–H groups in total. The van der Waals surface area contributed by atoms with E-state index in [1.54, 1.807) is 0 Å². The fraction of sp³-hybridized carbons (Fsp3) is 0.364. The van der Waals surface area contributed by atoms with Crippen LogP contribution in [-0.2, 0) is 4.79 Å². The second-order valence-electron chi connectivity index (χ2n) is 3.39. The summed E-state index contributed by atoms with van der Waals surface area (Å²) in [5.41, 5.74) is 0.352. The van der Waals surface area contributed by atoms with E-state index in [0.29, 0.717) is 5.56 Å². The van der Waals surface area contributed by atoms with E-state index in [1.807, 2.05) is 0 Å². The van der Waals surface area contributed by atoms with E-state index in [9.17, 15) is 9.18 Å². The van der Waals surface area contributed by atoms with Crippen molar-refractivity contribution in [1.82, 2.24) is 0 Å². The number of carbonyl (C=O) groups is 1. The van der Waals surface area contributed by atoms with Crippen molar-refractivity contribution in [1.29, 1.82) is 0 Å². The van der Waals surface area contributed by atoms with Gasteiger partial charge in [0.1, 0.15) is 0 Å². The van der Waals surface area contributed by atoms with Crippen LogP contribution >= 0.6 is 15.9 Å². The van der Waals surface area contributed by atoms with Gasteiger partial charge in [-0.1, -0.05) is 0 Å². The van der Waals surface area contributed by atoms with Crippen molar-refractivity contribution in [3.8, 4) is 11.5 Å². The third-order valence-electron chi connectivity index (χ3n) is 2.40. The summed E-state index contributed by atoms with van der Waals surface area (Å²) >= 11 is 3.01. The molecule has 0 radical (unpaired) electrons. The molecule has 0 aliphatic rings. The van der Waals surface area contributed by atoms with Gasteiger partial charge in [0, 0.05) is 5.56 Å². The zero-order chi connectivity index (χ0) is 13.2. The van der Waals surface area contributed by atoms with Gasteiger partial charge in [-0.3, -0.25) is 4.79 Å². The Morgan fingerprint density at radius 1 is 1.41 bits per heavy atom. The quantitative estimate of drug-likeness (QED) is 0.929. The number of hydrogen-bond donors (Lipinski definition) is 1. The molecule has 0 saturated heterocycles. The molecule has 1 atom stereocenters. The normalized spacial score (nSPS) is 12.1. The lowest BCUT2D eigenvalue weighted by atomic mass is 9.99. The zero-order valence-electron chi connectivity index (χ0n) is 9.58. The van der Waals surface area contributed by atoms with Gasteiger partial charge in [0.25, 0.3) is 0 Å². The van der Waals surface area contributed by atoms with E-state index >= 15 is 0 Å². The molecule has 0 aliphatic heterocycles. The van der Waals surface area contributed by atoms with Crippen LogP contribution < -0.4 is 9.47 Å². The fourth-order valence-corrected chi connectivity index (χ4v) is 1.88. The molecule has 1 aromatic carbocycles. The lowest BCUT2D eigenvalue weighted by molar-refractivity contribution is -0.138. The van der Waals surface area contributed by atoms with Crippen molar-refractivity contribution in [2.75, 3.05) is 14.2 Å². The van der Waals surface area contributed by atoms with Gasteiger partial charge in [-0.2, -0.15) is 0 Å². The van der Waals surface area contributed by atoms with Crippen molar-refractivity contribution in [3.05, 3.63) is 21.9 Å². The van der Waals surface area contributed by atoms with E-state index < -0.39 is 17.7 Å². The molecule has 0 saturated carbocycles. The molecule has 0 aliphatic carbocycles. The maximum Gasteiger partial charge on any atom is 0.310 e. The maximum absolute atomic E-state index is 13.7. The minimum absolute atomic E-state index is 0.100. The topological polar surface area (TPSA) is 55.8 Å². The summed E-state index contributed by atoms with van der Waals surface area (Å²) in [4.78, 5) is 11.0. The van der Waals surface area contributed by atoms with Gasteiger partial charge < -0.3 is 14.6 Å². The summed E-state index contributed by atoms with van der Waals surface area (Å²) in [5, 5.41) is 8.97. The zero-order valence-corrected chi connectivity index (χ0v) is 11.2. The van der Waals surface area contributed by atoms with Crippen molar-refractivity contribution in [2.45, 2.75) is 12.8 Å². The molecule has 1 rings (SSSR count). The molecule has 94 valence electrons. The van der Waals surface area contributed by atoms with Gasteiger partial charge in [-0.15, -0.1) is 0 Å². The molecular weight excluding hydrogens is 295 g/mol. The Bertz CT molecular complexity index is 448. The summed E-state index contributed by atoms with van der Waals surface area (Å²) in [7, 11) is 2.63. The molecule has 4 nitrogen and oxygen atoms in total. The molecule has 1 aromatic rings. The summed E-state index contributed by atoms with van der Waals surface area (Å²) in [6.07, 6.45) is 0. The smallest absolute Gasteiger partial charge is 0.310 e. The number of carboxylic acids is 1. The number of hydrogen-bond acceptors (Lipinski definition) is 3. The Labute approximate surface area is 106 Å². The predicted octanol–water partition coefficient (Wildman–Crippen LogP) is 2.79. The first-order valence-electron chi connectivity index (χ1n) is 4.76. The van der Waals surface area contributed by atoms with E-state index in [-0.39, 0.29) is 16.0 Å². The highest BCUT2D eigenvalue weighted by Crippen LogP contribution is 2.41.